The number of H-pyrrole nitrogens is 1. The van der Waals surface area contributed by atoms with E-state index in [4.69, 9.17) is 4.74 Å². The number of aromatic amines is 1. The summed E-state index contributed by atoms with van der Waals surface area (Å²) in [5, 5.41) is 8.75. The zero-order valence-corrected chi connectivity index (χ0v) is 8.45. The Kier molecular flexibility index (Phi) is 4.33. The fraction of sp³-hybridized carbons (Fsp3) is 0.444. The largest absolute Gasteiger partial charge is 0.466 e. The van der Waals surface area contributed by atoms with E-state index >= 15 is 0 Å². The second-order valence-electron chi connectivity index (χ2n) is 2.82. The van der Waals surface area contributed by atoms with Crippen molar-refractivity contribution >= 4 is 11.7 Å². The van der Waals surface area contributed by atoms with Gasteiger partial charge in [-0.15, -0.1) is 0 Å². The maximum atomic E-state index is 11.0. The second kappa shape index (κ2) is 5.79. The van der Waals surface area contributed by atoms with Crippen LogP contribution in [0.15, 0.2) is 17.1 Å². The molecular formula is C9H13N3O3. The Hall–Kier alpha value is -1.85. The predicted molar refractivity (Wildman–Crippen MR) is 54.6 cm³/mol. The molecule has 0 aliphatic heterocycles. The fourth-order valence-corrected chi connectivity index (χ4v) is 1.01. The first-order valence-corrected chi connectivity index (χ1v) is 4.66. The molecule has 0 aromatic carbocycles. The van der Waals surface area contributed by atoms with Crippen LogP contribution in [0.1, 0.15) is 13.3 Å². The van der Waals surface area contributed by atoms with Gasteiger partial charge in [-0.25, -0.2) is 5.10 Å². The minimum Gasteiger partial charge on any atom is -0.466 e. The maximum absolute atomic E-state index is 11.0. The Bertz CT molecular complexity index is 375. The number of anilines is 1. The average Bonchev–Trinajstić information content (AvgIpc) is 2.18. The number of hydrogen-bond donors (Lipinski definition) is 2. The molecule has 0 amide bonds. The molecule has 0 unspecified atom stereocenters. The average molecular weight is 211 g/mol. The number of hydrogen-bond acceptors (Lipinski definition) is 5. The van der Waals surface area contributed by atoms with Crippen molar-refractivity contribution in [3.63, 3.8) is 0 Å². The molecule has 0 saturated carbocycles. The molecule has 15 heavy (non-hydrogen) atoms. The molecule has 1 aromatic rings. The van der Waals surface area contributed by atoms with Crippen LogP contribution >= 0.6 is 0 Å². The monoisotopic (exact) mass is 211 g/mol. The first kappa shape index (κ1) is 11.2. The Morgan fingerprint density at radius 3 is 3.13 bits per heavy atom. The Labute approximate surface area is 86.7 Å². The van der Waals surface area contributed by atoms with Crippen LogP contribution in [-0.2, 0) is 9.53 Å². The van der Waals surface area contributed by atoms with Gasteiger partial charge >= 0.3 is 5.97 Å². The first-order chi connectivity index (χ1) is 7.22. The van der Waals surface area contributed by atoms with Crippen LogP contribution in [0.2, 0.25) is 0 Å². The van der Waals surface area contributed by atoms with E-state index in [9.17, 15) is 9.59 Å². The SMILES string of the molecule is CCOC(=O)CCNc1cn[nH]c(=O)c1. The molecule has 6 heteroatoms. The normalized spacial score (nSPS) is 9.67. The van der Waals surface area contributed by atoms with Crippen molar-refractivity contribution in [1.82, 2.24) is 10.2 Å². The van der Waals surface area contributed by atoms with E-state index < -0.39 is 0 Å². The van der Waals surface area contributed by atoms with Crippen LogP contribution in [-0.4, -0.2) is 29.3 Å². The Morgan fingerprint density at radius 1 is 1.67 bits per heavy atom. The zero-order chi connectivity index (χ0) is 11.1. The summed E-state index contributed by atoms with van der Waals surface area (Å²) in [5.41, 5.74) is 0.305. The zero-order valence-electron chi connectivity index (χ0n) is 8.45. The van der Waals surface area contributed by atoms with Crippen molar-refractivity contribution in [1.29, 1.82) is 0 Å². The van der Waals surface area contributed by atoms with Crippen molar-refractivity contribution in [3.8, 4) is 0 Å². The molecule has 0 fully saturated rings. The van der Waals surface area contributed by atoms with E-state index in [0.29, 0.717) is 18.8 Å². The number of carbonyl (C=O) groups excluding carboxylic acids is 1. The molecule has 6 nitrogen and oxygen atoms in total. The Morgan fingerprint density at radius 2 is 2.47 bits per heavy atom. The van der Waals surface area contributed by atoms with E-state index in [1.54, 1.807) is 6.92 Å². The van der Waals surface area contributed by atoms with E-state index in [0.717, 1.165) is 0 Å². The summed E-state index contributed by atoms with van der Waals surface area (Å²) in [7, 11) is 0. The molecule has 1 aromatic heterocycles. The lowest BCUT2D eigenvalue weighted by Gasteiger charge is -2.04. The highest BCUT2D eigenvalue weighted by Gasteiger charge is 2.00. The van der Waals surface area contributed by atoms with Gasteiger partial charge in [0.25, 0.3) is 5.56 Å². The lowest BCUT2D eigenvalue weighted by molar-refractivity contribution is -0.142. The van der Waals surface area contributed by atoms with Gasteiger partial charge < -0.3 is 10.1 Å². The summed E-state index contributed by atoms with van der Waals surface area (Å²) >= 11 is 0. The highest BCUT2D eigenvalue weighted by Crippen LogP contribution is 1.98. The summed E-state index contributed by atoms with van der Waals surface area (Å²) < 4.78 is 4.74. The minimum absolute atomic E-state index is 0.261. The molecule has 0 atom stereocenters. The second-order valence-corrected chi connectivity index (χ2v) is 2.82. The summed E-state index contributed by atoms with van der Waals surface area (Å²) in [6.07, 6.45) is 1.74. The van der Waals surface area contributed by atoms with Crippen LogP contribution in [0.4, 0.5) is 5.69 Å². The van der Waals surface area contributed by atoms with Crippen molar-refractivity contribution in [2.75, 3.05) is 18.5 Å². The van der Waals surface area contributed by atoms with Crippen LogP contribution in [0.5, 0.6) is 0 Å². The summed E-state index contributed by atoms with van der Waals surface area (Å²) in [4.78, 5) is 21.8. The van der Waals surface area contributed by atoms with E-state index in [-0.39, 0.29) is 17.9 Å². The standard InChI is InChI=1S/C9H13N3O3/c1-2-15-9(14)3-4-10-7-5-8(13)12-11-6-7/h5-6H,2-4H2,1H3,(H2,10,12,13). The molecule has 0 bridgehead atoms. The first-order valence-electron chi connectivity index (χ1n) is 4.66. The van der Waals surface area contributed by atoms with Gasteiger partial charge in [0.05, 0.1) is 24.9 Å². The van der Waals surface area contributed by atoms with Crippen molar-refractivity contribution < 1.29 is 9.53 Å². The summed E-state index contributed by atoms with van der Waals surface area (Å²) in [6.45, 7) is 2.56. The number of nitrogens with zero attached hydrogens (tertiary/aromatic N) is 1. The van der Waals surface area contributed by atoms with Gasteiger partial charge in [0, 0.05) is 12.6 Å². The maximum Gasteiger partial charge on any atom is 0.307 e. The van der Waals surface area contributed by atoms with Crippen LogP contribution in [0.25, 0.3) is 0 Å². The van der Waals surface area contributed by atoms with E-state index in [2.05, 4.69) is 15.5 Å². The summed E-state index contributed by atoms with van der Waals surface area (Å²) in [5.74, 6) is -0.261. The molecule has 0 aliphatic rings. The third kappa shape index (κ3) is 4.26. The number of carbonyl (C=O) groups is 1. The van der Waals surface area contributed by atoms with Gasteiger partial charge in [0.1, 0.15) is 0 Å². The van der Waals surface area contributed by atoms with Gasteiger partial charge in [0.2, 0.25) is 0 Å². The Balaban J connectivity index is 2.32. The quantitative estimate of drug-likeness (QED) is 0.676. The molecule has 1 rings (SSSR count). The number of nitrogens with one attached hydrogen (secondary N) is 2. The van der Waals surface area contributed by atoms with Crippen molar-refractivity contribution in [3.05, 3.63) is 22.6 Å². The molecular weight excluding hydrogens is 198 g/mol. The topological polar surface area (TPSA) is 84.1 Å². The molecule has 1 heterocycles. The highest BCUT2D eigenvalue weighted by molar-refractivity contribution is 5.70. The molecule has 0 saturated heterocycles. The molecule has 0 aliphatic carbocycles. The number of esters is 1. The molecule has 2 N–H and O–H groups in total. The van der Waals surface area contributed by atoms with Gasteiger partial charge in [-0.05, 0) is 6.92 Å². The van der Waals surface area contributed by atoms with E-state index in [1.807, 2.05) is 0 Å². The van der Waals surface area contributed by atoms with Crippen LogP contribution in [0, 0.1) is 0 Å². The van der Waals surface area contributed by atoms with Crippen molar-refractivity contribution in [2.24, 2.45) is 0 Å². The lowest BCUT2D eigenvalue weighted by atomic mass is 10.4. The van der Waals surface area contributed by atoms with Crippen molar-refractivity contribution in [2.45, 2.75) is 13.3 Å². The number of ether oxygens (including phenoxy) is 1. The van der Waals surface area contributed by atoms with Gasteiger partial charge in [-0.2, -0.15) is 5.10 Å². The molecule has 0 radical (unpaired) electrons. The number of aromatic nitrogens is 2. The lowest BCUT2D eigenvalue weighted by Crippen LogP contribution is -2.13. The molecule has 0 spiro atoms. The van der Waals surface area contributed by atoms with E-state index in [1.165, 1.54) is 12.3 Å². The predicted octanol–water partition coefficient (Wildman–Crippen LogP) is 0.135. The van der Waals surface area contributed by atoms with Gasteiger partial charge in [-0.3, -0.25) is 9.59 Å². The fourth-order valence-electron chi connectivity index (χ4n) is 1.01. The third-order valence-corrected chi connectivity index (χ3v) is 1.63. The highest BCUT2D eigenvalue weighted by atomic mass is 16.5. The number of rotatable bonds is 5. The van der Waals surface area contributed by atoms with Gasteiger partial charge in [-0.1, -0.05) is 0 Å². The van der Waals surface area contributed by atoms with Gasteiger partial charge in [0.15, 0.2) is 0 Å². The summed E-state index contributed by atoms with van der Waals surface area (Å²) in [6, 6.07) is 1.37. The van der Waals surface area contributed by atoms with Crippen LogP contribution < -0.4 is 10.9 Å². The smallest absolute Gasteiger partial charge is 0.307 e. The minimum atomic E-state index is -0.281. The third-order valence-electron chi connectivity index (χ3n) is 1.63. The molecule has 82 valence electrons. The van der Waals surface area contributed by atoms with Crippen LogP contribution in [0.3, 0.4) is 0 Å².